The molecular weight excluding hydrogens is 288 g/mol. The lowest BCUT2D eigenvalue weighted by Crippen LogP contribution is -2.23. The summed E-state index contributed by atoms with van der Waals surface area (Å²) in [6.45, 7) is 1.84. The highest BCUT2D eigenvalue weighted by Gasteiger charge is 2.13. The van der Waals surface area contributed by atoms with Crippen molar-refractivity contribution in [2.24, 2.45) is 0 Å². The average molecular weight is 302 g/mol. The van der Waals surface area contributed by atoms with Gasteiger partial charge in [0.15, 0.2) is 0 Å². The Morgan fingerprint density at radius 3 is 2.57 bits per heavy atom. The van der Waals surface area contributed by atoms with Crippen LogP contribution in [0.25, 0.3) is 0 Å². The minimum Gasteiger partial charge on any atom is -0.242 e. The molecule has 0 spiro atoms. The van der Waals surface area contributed by atoms with E-state index in [1.165, 1.54) is 12.1 Å². The Hall–Kier alpha value is -2.30. The number of hydrogen-bond donors (Lipinski definition) is 1. The maximum Gasteiger partial charge on any atom is 0.240 e. The van der Waals surface area contributed by atoms with Gasteiger partial charge in [0.1, 0.15) is 5.82 Å². The first-order valence-corrected chi connectivity index (χ1v) is 7.73. The number of sulfonamides is 1. The van der Waals surface area contributed by atoms with Crippen LogP contribution < -0.4 is 4.72 Å². The Kier molecular flexibility index (Phi) is 4.62. The van der Waals surface area contributed by atoms with Crippen molar-refractivity contribution in [1.82, 2.24) is 14.7 Å². The van der Waals surface area contributed by atoms with E-state index in [9.17, 15) is 8.42 Å². The number of aromatic nitrogens is 2. The van der Waals surface area contributed by atoms with Gasteiger partial charge < -0.3 is 0 Å². The van der Waals surface area contributed by atoms with E-state index in [0.717, 1.165) is 5.56 Å². The summed E-state index contributed by atoms with van der Waals surface area (Å²) in [6, 6.07) is 9.91. The third-order valence-corrected chi connectivity index (χ3v) is 4.21. The van der Waals surface area contributed by atoms with Crippen molar-refractivity contribution >= 4 is 10.0 Å². The molecule has 1 aromatic heterocycles. The molecule has 0 radical (unpaired) electrons. The summed E-state index contributed by atoms with van der Waals surface area (Å²) in [4.78, 5) is 8.25. The third kappa shape index (κ3) is 4.08. The molecule has 0 bridgehead atoms. The second kappa shape index (κ2) is 6.43. The molecule has 7 heteroatoms. The Morgan fingerprint density at radius 1 is 1.24 bits per heavy atom. The first-order chi connectivity index (χ1) is 10.0. The predicted octanol–water partition coefficient (Wildman–Crippen LogP) is 1.33. The summed E-state index contributed by atoms with van der Waals surface area (Å²) >= 11 is 0. The highest BCUT2D eigenvalue weighted by atomic mass is 32.2. The second-order valence-corrected chi connectivity index (χ2v) is 6.17. The van der Waals surface area contributed by atoms with Gasteiger partial charge in [-0.1, -0.05) is 12.1 Å². The van der Waals surface area contributed by atoms with E-state index in [-0.39, 0.29) is 17.9 Å². The van der Waals surface area contributed by atoms with E-state index < -0.39 is 10.0 Å². The third-order valence-electron chi connectivity index (χ3n) is 2.79. The van der Waals surface area contributed by atoms with Gasteiger partial charge in [-0.25, -0.2) is 23.1 Å². The molecule has 2 aromatic rings. The van der Waals surface area contributed by atoms with Gasteiger partial charge in [0.2, 0.25) is 10.0 Å². The van der Waals surface area contributed by atoms with Crippen molar-refractivity contribution in [3.63, 3.8) is 0 Å². The molecule has 0 fully saturated rings. The summed E-state index contributed by atoms with van der Waals surface area (Å²) in [5, 5.41) is 8.59. The summed E-state index contributed by atoms with van der Waals surface area (Å²) < 4.78 is 26.8. The van der Waals surface area contributed by atoms with Gasteiger partial charge in [-0.15, -0.1) is 0 Å². The topological polar surface area (TPSA) is 95.7 Å². The summed E-state index contributed by atoms with van der Waals surface area (Å²) in [7, 11) is -3.60. The largest absolute Gasteiger partial charge is 0.242 e. The van der Waals surface area contributed by atoms with Gasteiger partial charge in [0.05, 0.1) is 29.6 Å². The van der Waals surface area contributed by atoms with Gasteiger partial charge in [-0.3, -0.25) is 0 Å². The number of nitrogens with one attached hydrogen (secondary N) is 1. The Labute approximate surface area is 123 Å². The van der Waals surface area contributed by atoms with Crippen LogP contribution in [-0.4, -0.2) is 18.4 Å². The highest BCUT2D eigenvalue weighted by molar-refractivity contribution is 7.89. The standard InChI is InChI=1S/C14H14N4O2S/c1-11-16-9-7-13(18-11)10-17-21(19,20)14-4-2-12(3-5-14)6-8-15/h2-5,7,9,17H,6,10H2,1H3. The number of nitrogens with zero attached hydrogens (tertiary/aromatic N) is 3. The molecule has 1 heterocycles. The summed E-state index contributed by atoms with van der Waals surface area (Å²) in [5.41, 5.74) is 1.38. The van der Waals surface area contributed by atoms with Crippen LogP contribution in [0.15, 0.2) is 41.4 Å². The lowest BCUT2D eigenvalue weighted by atomic mass is 10.2. The highest BCUT2D eigenvalue weighted by Crippen LogP contribution is 2.11. The quantitative estimate of drug-likeness (QED) is 0.899. The molecule has 2 rings (SSSR count). The first-order valence-electron chi connectivity index (χ1n) is 6.25. The van der Waals surface area contributed by atoms with Crippen LogP contribution in [-0.2, 0) is 23.0 Å². The van der Waals surface area contributed by atoms with Crippen molar-refractivity contribution in [1.29, 1.82) is 5.26 Å². The van der Waals surface area contributed by atoms with E-state index in [4.69, 9.17) is 5.26 Å². The maximum atomic E-state index is 12.1. The van der Waals surface area contributed by atoms with E-state index >= 15 is 0 Å². The Morgan fingerprint density at radius 2 is 1.95 bits per heavy atom. The zero-order chi connectivity index (χ0) is 15.3. The Bertz CT molecular complexity index is 764. The molecule has 0 saturated heterocycles. The van der Waals surface area contributed by atoms with Crippen molar-refractivity contribution in [2.75, 3.05) is 0 Å². The van der Waals surface area contributed by atoms with Crippen LogP contribution in [0.5, 0.6) is 0 Å². The first kappa shape index (κ1) is 15.1. The molecule has 0 aliphatic carbocycles. The maximum absolute atomic E-state index is 12.1. The monoisotopic (exact) mass is 302 g/mol. The minimum absolute atomic E-state index is 0.103. The van der Waals surface area contributed by atoms with Crippen LogP contribution >= 0.6 is 0 Å². The van der Waals surface area contributed by atoms with E-state index in [1.54, 1.807) is 31.3 Å². The van der Waals surface area contributed by atoms with Crippen LogP contribution in [0, 0.1) is 18.3 Å². The van der Waals surface area contributed by atoms with Gasteiger partial charge in [0.25, 0.3) is 0 Å². The molecule has 108 valence electrons. The zero-order valence-electron chi connectivity index (χ0n) is 11.4. The normalized spacial score (nSPS) is 11.0. The number of nitriles is 1. The molecule has 0 aliphatic heterocycles. The fourth-order valence-electron chi connectivity index (χ4n) is 1.73. The molecule has 0 aliphatic rings. The number of benzene rings is 1. The number of rotatable bonds is 5. The molecule has 1 aromatic carbocycles. The molecule has 0 atom stereocenters. The molecule has 21 heavy (non-hydrogen) atoms. The fraction of sp³-hybridized carbons (Fsp3) is 0.214. The van der Waals surface area contributed by atoms with Gasteiger partial charge in [-0.05, 0) is 30.7 Å². The average Bonchev–Trinajstić information content (AvgIpc) is 2.46. The van der Waals surface area contributed by atoms with E-state index in [1.807, 2.05) is 6.07 Å². The van der Waals surface area contributed by atoms with Gasteiger partial charge >= 0.3 is 0 Å². The Balaban J connectivity index is 2.09. The molecule has 0 unspecified atom stereocenters. The van der Waals surface area contributed by atoms with E-state index in [2.05, 4.69) is 14.7 Å². The number of hydrogen-bond acceptors (Lipinski definition) is 5. The van der Waals surface area contributed by atoms with Crippen LogP contribution in [0.3, 0.4) is 0 Å². The molecular formula is C14H14N4O2S. The second-order valence-electron chi connectivity index (χ2n) is 4.40. The van der Waals surface area contributed by atoms with Crippen molar-refractivity contribution in [3.05, 3.63) is 53.6 Å². The molecule has 0 saturated carbocycles. The smallest absolute Gasteiger partial charge is 0.240 e. The van der Waals surface area contributed by atoms with Crippen LogP contribution in [0.2, 0.25) is 0 Å². The van der Waals surface area contributed by atoms with Crippen LogP contribution in [0.4, 0.5) is 0 Å². The van der Waals surface area contributed by atoms with Gasteiger partial charge in [-0.2, -0.15) is 5.26 Å². The van der Waals surface area contributed by atoms with Crippen molar-refractivity contribution < 1.29 is 8.42 Å². The fourth-order valence-corrected chi connectivity index (χ4v) is 2.73. The molecule has 0 amide bonds. The van der Waals surface area contributed by atoms with Crippen molar-refractivity contribution in [2.45, 2.75) is 24.8 Å². The molecule has 1 N–H and O–H groups in total. The van der Waals surface area contributed by atoms with E-state index in [0.29, 0.717) is 11.5 Å². The summed E-state index contributed by atoms with van der Waals surface area (Å²) in [5.74, 6) is 0.590. The SMILES string of the molecule is Cc1nccc(CNS(=O)(=O)c2ccc(CC#N)cc2)n1. The lowest BCUT2D eigenvalue weighted by Gasteiger charge is -2.07. The predicted molar refractivity (Wildman–Crippen MR) is 76.6 cm³/mol. The summed E-state index contributed by atoms with van der Waals surface area (Å²) in [6.07, 6.45) is 1.84. The van der Waals surface area contributed by atoms with Gasteiger partial charge in [0, 0.05) is 6.20 Å². The van der Waals surface area contributed by atoms with Crippen molar-refractivity contribution in [3.8, 4) is 6.07 Å². The van der Waals surface area contributed by atoms with Crippen LogP contribution in [0.1, 0.15) is 17.1 Å². The number of aryl methyl sites for hydroxylation is 1. The minimum atomic E-state index is -3.60. The molecule has 6 nitrogen and oxygen atoms in total. The lowest BCUT2D eigenvalue weighted by molar-refractivity contribution is 0.580. The zero-order valence-corrected chi connectivity index (χ0v) is 12.3.